The van der Waals surface area contributed by atoms with Gasteiger partial charge in [0.15, 0.2) is 11.5 Å². The van der Waals surface area contributed by atoms with Gasteiger partial charge in [0.25, 0.3) is 0 Å². The van der Waals surface area contributed by atoms with Crippen molar-refractivity contribution in [3.05, 3.63) is 24.1 Å². The van der Waals surface area contributed by atoms with Crippen LogP contribution >= 0.6 is 0 Å². The molecule has 0 aliphatic rings. The zero-order valence-electron chi connectivity index (χ0n) is 11.7. The second-order valence-electron chi connectivity index (χ2n) is 5.34. The van der Waals surface area contributed by atoms with Crippen molar-refractivity contribution < 1.29 is 9.21 Å². The predicted molar refractivity (Wildman–Crippen MR) is 75.0 cm³/mol. The molecule has 102 valence electrons. The highest BCUT2D eigenvalue weighted by atomic mass is 16.3. The summed E-state index contributed by atoms with van der Waals surface area (Å²) in [4.78, 5) is 18.2. The Morgan fingerprint density at radius 3 is 2.79 bits per heavy atom. The summed E-state index contributed by atoms with van der Waals surface area (Å²) in [6, 6.07) is 5.52. The Kier molecular flexibility index (Phi) is 3.32. The van der Waals surface area contributed by atoms with Gasteiger partial charge in [0.1, 0.15) is 5.52 Å². The zero-order chi connectivity index (χ0) is 14.2. The van der Waals surface area contributed by atoms with Crippen LogP contribution in [0, 0.1) is 12.3 Å². The van der Waals surface area contributed by atoms with Crippen LogP contribution in [0.1, 0.15) is 19.7 Å². The van der Waals surface area contributed by atoms with E-state index in [2.05, 4.69) is 4.98 Å². The molecule has 0 atom stereocenters. The molecule has 0 aliphatic heterocycles. The normalized spacial score (nSPS) is 11.8. The van der Waals surface area contributed by atoms with Crippen molar-refractivity contribution in [2.24, 2.45) is 11.1 Å². The second-order valence-corrected chi connectivity index (χ2v) is 5.34. The van der Waals surface area contributed by atoms with Crippen LogP contribution < -0.4 is 10.6 Å². The number of oxazole rings is 1. The highest BCUT2D eigenvalue weighted by Gasteiger charge is 2.29. The summed E-state index contributed by atoms with van der Waals surface area (Å²) in [6.45, 7) is 5.78. The van der Waals surface area contributed by atoms with Crippen LogP contribution in [-0.4, -0.2) is 24.5 Å². The highest BCUT2D eigenvalue weighted by Crippen LogP contribution is 2.25. The van der Waals surface area contributed by atoms with Gasteiger partial charge < -0.3 is 15.1 Å². The molecule has 0 saturated carbocycles. The standard InChI is InChI=1S/C14H19N3O2/c1-9-16-11-6-5-10(7-12(11)19-9)17(4)13(18)14(2,3)8-15/h5-7H,8,15H2,1-4H3. The summed E-state index contributed by atoms with van der Waals surface area (Å²) < 4.78 is 5.48. The van der Waals surface area contributed by atoms with Crippen LogP contribution in [0.25, 0.3) is 11.1 Å². The molecule has 1 aromatic heterocycles. The molecular formula is C14H19N3O2. The zero-order valence-corrected chi connectivity index (χ0v) is 11.7. The predicted octanol–water partition coefficient (Wildman–Crippen LogP) is 2.08. The Balaban J connectivity index is 2.35. The Bertz CT molecular complexity index is 616. The SMILES string of the molecule is Cc1nc2ccc(N(C)C(=O)C(C)(C)CN)cc2o1. The highest BCUT2D eigenvalue weighted by molar-refractivity contribution is 5.98. The van der Waals surface area contributed by atoms with Gasteiger partial charge in [-0.05, 0) is 26.0 Å². The Morgan fingerprint density at radius 1 is 1.47 bits per heavy atom. The molecule has 0 unspecified atom stereocenters. The minimum Gasteiger partial charge on any atom is -0.441 e. The van der Waals surface area contributed by atoms with Crippen LogP contribution in [0.5, 0.6) is 0 Å². The summed E-state index contributed by atoms with van der Waals surface area (Å²) in [7, 11) is 1.74. The van der Waals surface area contributed by atoms with Crippen LogP contribution in [0.4, 0.5) is 5.69 Å². The number of nitrogens with zero attached hydrogens (tertiary/aromatic N) is 2. The van der Waals surface area contributed by atoms with Gasteiger partial charge in [-0.15, -0.1) is 0 Å². The van der Waals surface area contributed by atoms with Gasteiger partial charge in [-0.1, -0.05) is 0 Å². The summed E-state index contributed by atoms with van der Waals surface area (Å²) in [5, 5.41) is 0. The Labute approximate surface area is 112 Å². The first-order valence-corrected chi connectivity index (χ1v) is 6.20. The molecule has 5 nitrogen and oxygen atoms in total. The van der Waals surface area contributed by atoms with Crippen molar-refractivity contribution in [1.82, 2.24) is 4.98 Å². The second kappa shape index (κ2) is 4.66. The molecule has 0 radical (unpaired) electrons. The molecule has 19 heavy (non-hydrogen) atoms. The number of amides is 1. The first kappa shape index (κ1) is 13.5. The van der Waals surface area contributed by atoms with Crippen LogP contribution in [0.3, 0.4) is 0 Å². The molecule has 0 saturated heterocycles. The number of benzene rings is 1. The van der Waals surface area contributed by atoms with E-state index in [0.29, 0.717) is 18.0 Å². The third-order valence-corrected chi connectivity index (χ3v) is 3.26. The number of rotatable bonds is 3. The smallest absolute Gasteiger partial charge is 0.233 e. The topological polar surface area (TPSA) is 72.4 Å². The Hall–Kier alpha value is -1.88. The summed E-state index contributed by atoms with van der Waals surface area (Å²) in [5.41, 5.74) is 7.30. The van der Waals surface area contributed by atoms with Gasteiger partial charge in [0.2, 0.25) is 5.91 Å². The monoisotopic (exact) mass is 261 g/mol. The summed E-state index contributed by atoms with van der Waals surface area (Å²) >= 11 is 0. The number of aryl methyl sites for hydroxylation is 1. The molecule has 0 bridgehead atoms. The Morgan fingerprint density at radius 2 is 2.16 bits per heavy atom. The van der Waals surface area contributed by atoms with Crippen molar-refractivity contribution in [3.8, 4) is 0 Å². The van der Waals surface area contributed by atoms with E-state index in [4.69, 9.17) is 10.2 Å². The third kappa shape index (κ3) is 2.46. The van der Waals surface area contributed by atoms with Crippen LogP contribution in [-0.2, 0) is 4.79 Å². The average Bonchev–Trinajstić information content (AvgIpc) is 2.75. The number of aromatic nitrogens is 1. The molecule has 2 N–H and O–H groups in total. The van der Waals surface area contributed by atoms with Gasteiger partial charge in [0, 0.05) is 32.3 Å². The number of hydrogen-bond acceptors (Lipinski definition) is 4. The van der Waals surface area contributed by atoms with Gasteiger partial charge in [-0.3, -0.25) is 4.79 Å². The summed E-state index contributed by atoms with van der Waals surface area (Å²) in [6.07, 6.45) is 0. The molecule has 1 amide bonds. The molecular weight excluding hydrogens is 242 g/mol. The number of carbonyl (C=O) groups is 1. The molecule has 2 rings (SSSR count). The fourth-order valence-corrected chi connectivity index (χ4v) is 1.90. The van der Waals surface area contributed by atoms with Gasteiger partial charge in [-0.25, -0.2) is 4.98 Å². The van der Waals surface area contributed by atoms with Crippen LogP contribution in [0.2, 0.25) is 0 Å². The van der Waals surface area contributed by atoms with E-state index in [0.717, 1.165) is 11.2 Å². The van der Waals surface area contributed by atoms with Crippen LogP contribution in [0.15, 0.2) is 22.6 Å². The van der Waals surface area contributed by atoms with Crippen molar-refractivity contribution in [3.63, 3.8) is 0 Å². The van der Waals surface area contributed by atoms with Gasteiger partial charge >= 0.3 is 0 Å². The summed E-state index contributed by atoms with van der Waals surface area (Å²) in [5.74, 6) is 0.592. The minimum atomic E-state index is -0.582. The fourth-order valence-electron chi connectivity index (χ4n) is 1.90. The lowest BCUT2D eigenvalue weighted by Gasteiger charge is -2.28. The quantitative estimate of drug-likeness (QED) is 0.918. The number of anilines is 1. The lowest BCUT2D eigenvalue weighted by atomic mass is 9.92. The maximum atomic E-state index is 12.3. The number of fused-ring (bicyclic) bond motifs is 1. The molecule has 1 aromatic carbocycles. The number of nitrogens with two attached hydrogens (primary N) is 1. The van der Waals surface area contributed by atoms with Gasteiger partial charge in [-0.2, -0.15) is 0 Å². The van der Waals surface area contributed by atoms with E-state index in [9.17, 15) is 4.79 Å². The average molecular weight is 261 g/mol. The van der Waals surface area contributed by atoms with E-state index < -0.39 is 5.41 Å². The molecule has 0 spiro atoms. The molecule has 5 heteroatoms. The maximum absolute atomic E-state index is 12.3. The molecule has 2 aromatic rings. The maximum Gasteiger partial charge on any atom is 0.233 e. The van der Waals surface area contributed by atoms with E-state index in [1.54, 1.807) is 18.9 Å². The first-order chi connectivity index (χ1) is 8.85. The van der Waals surface area contributed by atoms with Crippen molar-refractivity contribution >= 4 is 22.7 Å². The lowest BCUT2D eigenvalue weighted by molar-refractivity contribution is -0.125. The number of hydrogen-bond donors (Lipinski definition) is 1. The van der Waals surface area contributed by atoms with Crippen molar-refractivity contribution in [1.29, 1.82) is 0 Å². The van der Waals surface area contributed by atoms with E-state index >= 15 is 0 Å². The van der Waals surface area contributed by atoms with E-state index in [-0.39, 0.29) is 5.91 Å². The van der Waals surface area contributed by atoms with E-state index in [1.165, 1.54) is 0 Å². The minimum absolute atomic E-state index is 0.0226. The van der Waals surface area contributed by atoms with Crippen molar-refractivity contribution in [2.75, 3.05) is 18.5 Å². The molecule has 0 aliphatic carbocycles. The fraction of sp³-hybridized carbons (Fsp3) is 0.429. The van der Waals surface area contributed by atoms with Crippen molar-refractivity contribution in [2.45, 2.75) is 20.8 Å². The first-order valence-electron chi connectivity index (χ1n) is 6.20. The molecule has 0 fully saturated rings. The lowest BCUT2D eigenvalue weighted by Crippen LogP contribution is -2.42. The number of carbonyl (C=O) groups excluding carboxylic acids is 1. The largest absolute Gasteiger partial charge is 0.441 e. The third-order valence-electron chi connectivity index (χ3n) is 3.26. The molecule has 1 heterocycles. The van der Waals surface area contributed by atoms with E-state index in [1.807, 2.05) is 32.0 Å². The van der Waals surface area contributed by atoms with Gasteiger partial charge in [0.05, 0.1) is 5.41 Å².